The minimum atomic E-state index is -0.204. The third-order valence-corrected chi connectivity index (χ3v) is 22.5. The first kappa shape index (κ1) is 49.5. The molecule has 7 unspecified atom stereocenters. The van der Waals surface area contributed by atoms with Crippen LogP contribution < -0.4 is 4.90 Å². The van der Waals surface area contributed by atoms with Crippen LogP contribution in [-0.4, -0.2) is 4.57 Å². The van der Waals surface area contributed by atoms with Gasteiger partial charge in [-0.3, -0.25) is 0 Å². The highest BCUT2D eigenvalue weighted by atomic mass is 15.1. The molecule has 0 N–H and O–H groups in total. The Balaban J connectivity index is 0.843. The summed E-state index contributed by atoms with van der Waals surface area (Å²) in [6.07, 6.45) is 6.86. The van der Waals surface area contributed by atoms with E-state index in [9.17, 15) is 0 Å². The van der Waals surface area contributed by atoms with E-state index in [0.717, 1.165) is 49.9 Å². The van der Waals surface area contributed by atoms with Crippen LogP contribution in [0.2, 0.25) is 0 Å². The molecule has 3 spiro atoms. The van der Waals surface area contributed by atoms with Crippen LogP contribution in [-0.2, 0) is 16.2 Å². The van der Waals surface area contributed by atoms with Crippen molar-refractivity contribution >= 4 is 38.9 Å². The summed E-state index contributed by atoms with van der Waals surface area (Å²) in [5, 5.41) is 2.52. The SMILES string of the molecule is c1ccc(-c2ccc(N(c3ccc(-c4ccc5c(c4)c4ccccc4n5-c4ccccc4)cc3)c3ccc4c(c3)C35CC6CC7(CC8CC(CC(C3)c3ccccc3-4)(c3ccccc3-c3ccccc38)C75)c3ccccc3-c3ccccc36)cc2)cc1. The van der Waals surface area contributed by atoms with Crippen LogP contribution in [0.5, 0.6) is 0 Å². The lowest BCUT2D eigenvalue weighted by Gasteiger charge is -2.70. The van der Waals surface area contributed by atoms with E-state index in [1.54, 1.807) is 27.8 Å². The van der Waals surface area contributed by atoms with E-state index in [4.69, 9.17) is 0 Å². The van der Waals surface area contributed by atoms with Gasteiger partial charge in [-0.25, -0.2) is 0 Å². The molecule has 3 fully saturated rings. The summed E-state index contributed by atoms with van der Waals surface area (Å²) in [6.45, 7) is 0. The van der Waals surface area contributed by atoms with Gasteiger partial charge in [-0.1, -0.05) is 224 Å². The van der Waals surface area contributed by atoms with Crippen molar-refractivity contribution < 1.29 is 0 Å². The lowest BCUT2D eigenvalue weighted by molar-refractivity contribution is -0.0788. The summed E-state index contributed by atoms with van der Waals surface area (Å²) >= 11 is 0. The molecule has 0 radical (unpaired) electrons. The molecule has 6 aliphatic carbocycles. The lowest BCUT2D eigenvalue weighted by Crippen LogP contribution is -2.67. The molecule has 6 bridgehead atoms. The summed E-state index contributed by atoms with van der Waals surface area (Å²) in [5.74, 6) is 1.47. The van der Waals surface area contributed by atoms with E-state index in [1.165, 1.54) is 94.4 Å². The van der Waals surface area contributed by atoms with Crippen molar-refractivity contribution in [1.29, 1.82) is 0 Å². The maximum atomic E-state index is 2.75. The summed E-state index contributed by atoms with van der Waals surface area (Å²) in [7, 11) is 0. The van der Waals surface area contributed by atoms with Crippen molar-refractivity contribution in [3.63, 3.8) is 0 Å². The maximum Gasteiger partial charge on any atom is 0.0541 e. The Morgan fingerprint density at radius 1 is 0.276 bits per heavy atom. The highest BCUT2D eigenvalue weighted by molar-refractivity contribution is 6.10. The van der Waals surface area contributed by atoms with E-state index in [2.05, 4.69) is 301 Å². The van der Waals surface area contributed by atoms with Crippen molar-refractivity contribution in [3.8, 4) is 61.3 Å². The molecular formula is C85H64N2. The average Bonchev–Trinajstić information content (AvgIpc) is 1.65. The van der Waals surface area contributed by atoms with Crippen LogP contribution in [0.1, 0.15) is 89.7 Å². The fraction of sp³-hybridized carbons (Fsp3) is 0.153. The van der Waals surface area contributed by atoms with Gasteiger partial charge in [-0.15, -0.1) is 0 Å². The normalized spacial score (nSPS) is 23.0. The maximum absolute atomic E-state index is 2.75. The number of hydrogen-bond acceptors (Lipinski definition) is 1. The highest BCUT2D eigenvalue weighted by Crippen LogP contribution is 2.79. The molecule has 7 atom stereocenters. The Bertz CT molecular complexity index is 4870. The number of benzene rings is 12. The fourth-order valence-electron chi connectivity index (χ4n) is 19.8. The Kier molecular flexibility index (Phi) is 10.6. The molecule has 2 heteroatoms. The summed E-state index contributed by atoms with van der Waals surface area (Å²) < 4.78 is 2.41. The Hall–Kier alpha value is -9.76. The largest absolute Gasteiger partial charge is 0.310 e. The molecule has 19 rings (SSSR count). The molecule has 0 amide bonds. The molecule has 0 saturated heterocycles. The quantitative estimate of drug-likeness (QED) is 0.161. The number of nitrogens with zero attached hydrogens (tertiary/aromatic N) is 2. The number of rotatable bonds is 6. The second-order valence-electron chi connectivity index (χ2n) is 26.5. The lowest BCUT2D eigenvalue weighted by atomic mass is 9.32. The highest BCUT2D eigenvalue weighted by Gasteiger charge is 2.72. The van der Waals surface area contributed by atoms with Gasteiger partial charge in [0.15, 0.2) is 0 Å². The zero-order valence-corrected chi connectivity index (χ0v) is 48.7. The van der Waals surface area contributed by atoms with Gasteiger partial charge in [0.05, 0.1) is 11.0 Å². The van der Waals surface area contributed by atoms with Crippen molar-refractivity contribution in [2.75, 3.05) is 4.90 Å². The topological polar surface area (TPSA) is 8.17 Å². The molecule has 1 aromatic heterocycles. The van der Waals surface area contributed by atoms with E-state index >= 15 is 0 Å². The van der Waals surface area contributed by atoms with Crippen LogP contribution in [0.3, 0.4) is 0 Å². The van der Waals surface area contributed by atoms with Crippen LogP contribution in [0.15, 0.2) is 291 Å². The smallest absolute Gasteiger partial charge is 0.0541 e. The molecule has 6 aliphatic rings. The number of hydrogen-bond donors (Lipinski definition) is 0. The number of aromatic nitrogens is 1. The summed E-state index contributed by atoms with van der Waals surface area (Å²) in [5.41, 5.74) is 29.5. The predicted molar refractivity (Wildman–Crippen MR) is 360 cm³/mol. The van der Waals surface area contributed by atoms with E-state index in [1.807, 2.05) is 0 Å². The summed E-state index contributed by atoms with van der Waals surface area (Å²) in [4.78, 5) is 2.57. The number of anilines is 3. The van der Waals surface area contributed by atoms with Gasteiger partial charge in [-0.05, 0) is 218 Å². The van der Waals surface area contributed by atoms with Crippen molar-refractivity contribution in [3.05, 3.63) is 325 Å². The van der Waals surface area contributed by atoms with Crippen molar-refractivity contribution in [2.45, 2.75) is 72.5 Å². The van der Waals surface area contributed by atoms with Crippen molar-refractivity contribution in [1.82, 2.24) is 4.57 Å². The molecule has 1 heterocycles. The van der Waals surface area contributed by atoms with Gasteiger partial charge >= 0.3 is 0 Å². The molecule has 3 saturated carbocycles. The van der Waals surface area contributed by atoms with E-state index in [0.29, 0.717) is 23.7 Å². The second kappa shape index (κ2) is 18.6. The van der Waals surface area contributed by atoms with Crippen LogP contribution in [0.25, 0.3) is 83.1 Å². The Labute approximate surface area is 509 Å². The van der Waals surface area contributed by atoms with Gasteiger partial charge in [0.25, 0.3) is 0 Å². The molecule has 414 valence electrons. The minimum Gasteiger partial charge on any atom is -0.310 e. The van der Waals surface area contributed by atoms with Crippen molar-refractivity contribution in [2.24, 2.45) is 5.92 Å². The second-order valence-corrected chi connectivity index (χ2v) is 26.5. The van der Waals surface area contributed by atoms with Crippen LogP contribution in [0.4, 0.5) is 17.1 Å². The standard InChI is InChI=1S/C85H64N2/c1-3-19-55(20-4-1)56-35-40-63(41-36-56)86(64-42-37-57(38-43-64)58-39-46-81-76(47-58)75-31-15-18-34-80(75)87(81)62-21-5-2-6-22-62)65-44-45-74-71-28-12-9-25-68(71)61-52-84-50-59(66-23-7-10-26-69(66)72-29-13-16-32-77(72)84)49-83-51-60(53-85(54-61,82(83)84)79(74)48-65)67-24-8-11-27-70(67)73-30-14-17-33-78(73)83/h1-48,59-61,82H,49-54H2. The number of para-hydroxylation sites is 2. The molecule has 13 aromatic rings. The molecular weight excluding hydrogens is 1050 g/mol. The first-order chi connectivity index (χ1) is 43.0. The minimum absolute atomic E-state index is 0.122. The Morgan fingerprint density at radius 2 is 0.667 bits per heavy atom. The van der Waals surface area contributed by atoms with Gasteiger partial charge in [0.2, 0.25) is 0 Å². The summed E-state index contributed by atoms with van der Waals surface area (Å²) in [6, 6.07) is 113. The van der Waals surface area contributed by atoms with Crippen LogP contribution >= 0.6 is 0 Å². The molecule has 12 aromatic carbocycles. The van der Waals surface area contributed by atoms with Crippen LogP contribution in [0, 0.1) is 5.92 Å². The zero-order chi connectivity index (χ0) is 57.0. The van der Waals surface area contributed by atoms with Gasteiger partial charge < -0.3 is 9.47 Å². The predicted octanol–water partition coefficient (Wildman–Crippen LogP) is 22.0. The van der Waals surface area contributed by atoms with E-state index < -0.39 is 0 Å². The monoisotopic (exact) mass is 1110 g/mol. The van der Waals surface area contributed by atoms with Gasteiger partial charge in [0.1, 0.15) is 0 Å². The number of fused-ring (bicyclic) bond motifs is 18. The fourth-order valence-corrected chi connectivity index (χ4v) is 19.8. The van der Waals surface area contributed by atoms with Gasteiger partial charge in [-0.2, -0.15) is 0 Å². The molecule has 0 aliphatic heterocycles. The first-order valence-electron chi connectivity index (χ1n) is 31.8. The average molecular weight is 1110 g/mol. The molecule has 87 heavy (non-hydrogen) atoms. The first-order valence-corrected chi connectivity index (χ1v) is 31.8. The zero-order valence-electron chi connectivity index (χ0n) is 48.7. The third kappa shape index (κ3) is 7.04. The third-order valence-electron chi connectivity index (χ3n) is 22.5. The Morgan fingerprint density at radius 3 is 1.22 bits per heavy atom. The molecule has 2 nitrogen and oxygen atoms in total. The van der Waals surface area contributed by atoms with E-state index in [-0.39, 0.29) is 16.2 Å². The van der Waals surface area contributed by atoms with Gasteiger partial charge in [0, 0.05) is 49.8 Å².